The quantitative estimate of drug-likeness (QED) is 0.647. The van der Waals surface area contributed by atoms with E-state index in [9.17, 15) is 4.79 Å². The van der Waals surface area contributed by atoms with Crippen LogP contribution < -0.4 is 11.1 Å². The van der Waals surface area contributed by atoms with Crippen LogP contribution in [0, 0.1) is 0 Å². The number of nitrogens with two attached hydrogens (primary N) is 1. The van der Waals surface area contributed by atoms with Gasteiger partial charge in [0.05, 0.1) is 17.4 Å². The molecule has 0 aromatic carbocycles. The number of rotatable bonds is 6. The van der Waals surface area contributed by atoms with Crippen LogP contribution in [0.5, 0.6) is 0 Å². The standard InChI is InChI=1S/C11H14N6O2/c12-9-6-8(11(18)19)7-14-10(9)13-2-1-4-17-5-3-15-16-17/h3,5-7H,1-2,4,12H2,(H,13,14)(H,18,19). The van der Waals surface area contributed by atoms with Crippen molar-refractivity contribution in [1.29, 1.82) is 0 Å². The van der Waals surface area contributed by atoms with Gasteiger partial charge in [-0.15, -0.1) is 5.10 Å². The van der Waals surface area contributed by atoms with Crippen molar-refractivity contribution in [1.82, 2.24) is 20.0 Å². The van der Waals surface area contributed by atoms with Gasteiger partial charge in [-0.3, -0.25) is 4.68 Å². The number of nitrogens with zero attached hydrogens (tertiary/aromatic N) is 4. The lowest BCUT2D eigenvalue weighted by atomic mass is 10.2. The Kier molecular flexibility index (Phi) is 3.91. The maximum Gasteiger partial charge on any atom is 0.337 e. The number of aryl methyl sites for hydroxylation is 1. The van der Waals surface area contributed by atoms with Crippen LogP contribution in [-0.2, 0) is 6.54 Å². The second-order valence-corrected chi connectivity index (χ2v) is 3.91. The SMILES string of the molecule is Nc1cc(C(=O)O)cnc1NCCCn1ccnn1. The van der Waals surface area contributed by atoms with Crippen LogP contribution in [-0.4, -0.2) is 37.6 Å². The smallest absolute Gasteiger partial charge is 0.337 e. The molecule has 0 bridgehead atoms. The highest BCUT2D eigenvalue weighted by molar-refractivity contribution is 5.89. The van der Waals surface area contributed by atoms with Crippen LogP contribution >= 0.6 is 0 Å². The Morgan fingerprint density at radius 1 is 1.53 bits per heavy atom. The number of hydrogen-bond acceptors (Lipinski definition) is 6. The second-order valence-electron chi connectivity index (χ2n) is 3.91. The van der Waals surface area contributed by atoms with Crippen LogP contribution in [0.15, 0.2) is 24.7 Å². The first-order chi connectivity index (χ1) is 9.16. The topological polar surface area (TPSA) is 119 Å². The molecular weight excluding hydrogens is 248 g/mol. The molecule has 8 heteroatoms. The van der Waals surface area contributed by atoms with Crippen molar-refractivity contribution in [3.63, 3.8) is 0 Å². The molecule has 0 spiro atoms. The molecule has 2 aromatic rings. The molecule has 0 aliphatic rings. The molecule has 0 saturated heterocycles. The van der Waals surface area contributed by atoms with E-state index in [1.807, 2.05) is 0 Å². The zero-order chi connectivity index (χ0) is 13.7. The summed E-state index contributed by atoms with van der Waals surface area (Å²) in [5.74, 6) is -0.555. The molecule has 0 aliphatic carbocycles. The Balaban J connectivity index is 1.84. The van der Waals surface area contributed by atoms with Crippen molar-refractivity contribution in [3.8, 4) is 0 Å². The monoisotopic (exact) mass is 262 g/mol. The summed E-state index contributed by atoms with van der Waals surface area (Å²) in [5, 5.41) is 19.4. The van der Waals surface area contributed by atoms with Crippen molar-refractivity contribution >= 4 is 17.5 Å². The van der Waals surface area contributed by atoms with E-state index in [-0.39, 0.29) is 5.56 Å². The first kappa shape index (κ1) is 12.8. The van der Waals surface area contributed by atoms with Crippen LogP contribution in [0.4, 0.5) is 11.5 Å². The normalized spacial score (nSPS) is 10.3. The Labute approximate surface area is 109 Å². The third-order valence-corrected chi connectivity index (χ3v) is 2.49. The predicted octanol–water partition coefficient (Wildman–Crippen LogP) is 0.456. The third kappa shape index (κ3) is 3.41. The Morgan fingerprint density at radius 3 is 3.00 bits per heavy atom. The minimum Gasteiger partial charge on any atom is -0.478 e. The highest BCUT2D eigenvalue weighted by Gasteiger charge is 2.07. The van der Waals surface area contributed by atoms with E-state index >= 15 is 0 Å². The number of carboxylic acid groups (broad SMARTS) is 1. The lowest BCUT2D eigenvalue weighted by molar-refractivity contribution is 0.0696. The van der Waals surface area contributed by atoms with Crippen molar-refractivity contribution in [2.75, 3.05) is 17.6 Å². The third-order valence-electron chi connectivity index (χ3n) is 2.49. The lowest BCUT2D eigenvalue weighted by Gasteiger charge is -2.08. The zero-order valence-electron chi connectivity index (χ0n) is 10.2. The second kappa shape index (κ2) is 5.80. The Hall–Kier alpha value is -2.64. The fourth-order valence-corrected chi connectivity index (χ4v) is 1.55. The average Bonchev–Trinajstić information content (AvgIpc) is 2.89. The molecule has 0 amide bonds. The van der Waals surface area contributed by atoms with Gasteiger partial charge in [0.1, 0.15) is 5.82 Å². The van der Waals surface area contributed by atoms with Gasteiger partial charge in [0.25, 0.3) is 0 Å². The van der Waals surface area contributed by atoms with Gasteiger partial charge in [0, 0.05) is 25.5 Å². The number of aromatic nitrogens is 4. The molecule has 0 fully saturated rings. The van der Waals surface area contributed by atoms with E-state index < -0.39 is 5.97 Å². The van der Waals surface area contributed by atoms with Gasteiger partial charge < -0.3 is 16.2 Å². The maximum atomic E-state index is 10.7. The number of aromatic carboxylic acids is 1. The van der Waals surface area contributed by atoms with E-state index in [2.05, 4.69) is 20.6 Å². The van der Waals surface area contributed by atoms with E-state index in [1.54, 1.807) is 17.1 Å². The summed E-state index contributed by atoms with van der Waals surface area (Å²) >= 11 is 0. The van der Waals surface area contributed by atoms with Gasteiger partial charge in [-0.05, 0) is 12.5 Å². The van der Waals surface area contributed by atoms with Gasteiger partial charge in [-0.25, -0.2) is 9.78 Å². The number of nitrogen functional groups attached to an aromatic ring is 1. The highest BCUT2D eigenvalue weighted by atomic mass is 16.4. The molecule has 0 unspecified atom stereocenters. The van der Waals surface area contributed by atoms with Crippen LogP contribution in [0.1, 0.15) is 16.8 Å². The van der Waals surface area contributed by atoms with E-state index in [0.717, 1.165) is 13.0 Å². The number of nitrogens with one attached hydrogen (secondary N) is 1. The number of carbonyl (C=O) groups is 1. The molecule has 19 heavy (non-hydrogen) atoms. The molecule has 0 atom stereocenters. The van der Waals surface area contributed by atoms with Crippen molar-refractivity contribution < 1.29 is 9.90 Å². The molecular formula is C11H14N6O2. The van der Waals surface area contributed by atoms with Gasteiger partial charge in [0.15, 0.2) is 0 Å². The summed E-state index contributed by atoms with van der Waals surface area (Å²) < 4.78 is 1.73. The van der Waals surface area contributed by atoms with Crippen molar-refractivity contribution in [2.45, 2.75) is 13.0 Å². The van der Waals surface area contributed by atoms with E-state index in [4.69, 9.17) is 10.8 Å². The number of anilines is 2. The molecule has 2 rings (SSSR count). The summed E-state index contributed by atoms with van der Waals surface area (Å²) in [6.07, 6.45) is 5.51. The van der Waals surface area contributed by atoms with Gasteiger partial charge in [0.2, 0.25) is 0 Å². The molecule has 4 N–H and O–H groups in total. The van der Waals surface area contributed by atoms with E-state index in [0.29, 0.717) is 18.1 Å². The molecule has 8 nitrogen and oxygen atoms in total. The molecule has 0 aliphatic heterocycles. The highest BCUT2D eigenvalue weighted by Crippen LogP contribution is 2.16. The van der Waals surface area contributed by atoms with Gasteiger partial charge in [-0.1, -0.05) is 5.21 Å². The summed E-state index contributed by atoms with van der Waals surface area (Å²) in [7, 11) is 0. The Bertz CT molecular complexity index is 554. The summed E-state index contributed by atoms with van der Waals surface area (Å²) in [5.41, 5.74) is 6.11. The van der Waals surface area contributed by atoms with Crippen molar-refractivity contribution in [3.05, 3.63) is 30.2 Å². The van der Waals surface area contributed by atoms with Gasteiger partial charge >= 0.3 is 5.97 Å². The zero-order valence-corrected chi connectivity index (χ0v) is 10.2. The summed E-state index contributed by atoms with van der Waals surface area (Å²) in [6.45, 7) is 1.39. The fraction of sp³-hybridized carbons (Fsp3) is 0.273. The molecule has 100 valence electrons. The lowest BCUT2D eigenvalue weighted by Crippen LogP contribution is -2.10. The van der Waals surface area contributed by atoms with Crippen LogP contribution in [0.25, 0.3) is 0 Å². The minimum absolute atomic E-state index is 0.0747. The van der Waals surface area contributed by atoms with Crippen LogP contribution in [0.3, 0.4) is 0 Å². The number of hydrogen-bond donors (Lipinski definition) is 3. The molecule has 2 aromatic heterocycles. The molecule has 0 radical (unpaired) electrons. The first-order valence-electron chi connectivity index (χ1n) is 5.73. The Morgan fingerprint density at radius 2 is 2.37 bits per heavy atom. The molecule has 0 saturated carbocycles. The summed E-state index contributed by atoms with van der Waals surface area (Å²) in [4.78, 5) is 14.7. The van der Waals surface area contributed by atoms with Gasteiger partial charge in [-0.2, -0.15) is 0 Å². The van der Waals surface area contributed by atoms with Crippen molar-refractivity contribution in [2.24, 2.45) is 0 Å². The minimum atomic E-state index is -1.04. The largest absolute Gasteiger partial charge is 0.478 e. The maximum absolute atomic E-state index is 10.7. The summed E-state index contributed by atoms with van der Waals surface area (Å²) in [6, 6.07) is 1.38. The number of carboxylic acids is 1. The predicted molar refractivity (Wildman–Crippen MR) is 68.7 cm³/mol. The van der Waals surface area contributed by atoms with Crippen LogP contribution in [0.2, 0.25) is 0 Å². The number of pyridine rings is 1. The van der Waals surface area contributed by atoms with E-state index in [1.165, 1.54) is 12.3 Å². The first-order valence-corrected chi connectivity index (χ1v) is 5.73. The molecule has 2 heterocycles. The average molecular weight is 262 g/mol. The fourth-order valence-electron chi connectivity index (χ4n) is 1.55.